The van der Waals surface area contributed by atoms with Crippen LogP contribution in [0.5, 0.6) is 5.75 Å². The van der Waals surface area contributed by atoms with Crippen LogP contribution in [-0.4, -0.2) is 29.8 Å². The fourth-order valence-electron chi connectivity index (χ4n) is 1.41. The zero-order valence-corrected chi connectivity index (χ0v) is 10.1. The minimum Gasteiger partial charge on any atom is -0.489 e. The van der Waals surface area contributed by atoms with Gasteiger partial charge in [-0.1, -0.05) is 12.1 Å². The van der Waals surface area contributed by atoms with E-state index in [0.717, 1.165) is 5.75 Å². The third kappa shape index (κ3) is 2.36. The largest absolute Gasteiger partial charge is 0.489 e. The molecule has 0 N–H and O–H groups in total. The van der Waals surface area contributed by atoms with E-state index in [-0.39, 0.29) is 6.17 Å². The maximum atomic E-state index is 5.63. The van der Waals surface area contributed by atoms with Crippen LogP contribution in [0.25, 0.3) is 0 Å². The lowest BCUT2D eigenvalue weighted by atomic mass is 10.2. The van der Waals surface area contributed by atoms with Crippen molar-refractivity contribution in [3.05, 3.63) is 29.8 Å². The molecule has 1 unspecified atom stereocenters. The van der Waals surface area contributed by atoms with E-state index in [1.165, 1.54) is 5.56 Å². The molecule has 0 saturated heterocycles. The zero-order chi connectivity index (χ0) is 11.5. The number of aryl methyl sites for hydroxylation is 1. The molecule has 4 nitrogen and oxygen atoms in total. The smallest absolute Gasteiger partial charge is 0.217 e. The van der Waals surface area contributed by atoms with Gasteiger partial charge in [0.2, 0.25) is 5.11 Å². The summed E-state index contributed by atoms with van der Waals surface area (Å²) in [5.41, 5.74) is 1.18. The van der Waals surface area contributed by atoms with E-state index in [4.69, 9.17) is 17.0 Å². The van der Waals surface area contributed by atoms with Gasteiger partial charge in [-0.3, -0.25) is 0 Å². The van der Waals surface area contributed by atoms with Crippen molar-refractivity contribution in [3.8, 4) is 5.75 Å². The number of azo groups is 1. The summed E-state index contributed by atoms with van der Waals surface area (Å²) in [5, 5.41) is 8.36. The van der Waals surface area contributed by atoms with Crippen LogP contribution in [-0.2, 0) is 0 Å². The molecule has 5 heteroatoms. The van der Waals surface area contributed by atoms with Crippen molar-refractivity contribution in [2.45, 2.75) is 13.1 Å². The Kier molecular flexibility index (Phi) is 3.14. The fraction of sp³-hybridized carbons (Fsp3) is 0.364. The summed E-state index contributed by atoms with van der Waals surface area (Å²) in [6.45, 7) is 2.49. The van der Waals surface area contributed by atoms with Crippen molar-refractivity contribution in [2.75, 3.05) is 13.7 Å². The van der Waals surface area contributed by atoms with Gasteiger partial charge in [0.1, 0.15) is 12.4 Å². The van der Waals surface area contributed by atoms with Crippen LogP contribution in [0.3, 0.4) is 0 Å². The third-order valence-electron chi connectivity index (χ3n) is 2.41. The number of thiocarbonyl (C=S) groups is 1. The molecule has 0 fully saturated rings. The zero-order valence-electron chi connectivity index (χ0n) is 9.25. The summed E-state index contributed by atoms with van der Waals surface area (Å²) in [7, 11) is 1.87. The molecule has 1 aliphatic rings. The maximum absolute atomic E-state index is 5.63. The molecular formula is C11H13N3OS. The van der Waals surface area contributed by atoms with E-state index in [2.05, 4.69) is 10.2 Å². The second-order valence-electron chi connectivity index (χ2n) is 3.72. The average molecular weight is 235 g/mol. The molecular weight excluding hydrogens is 222 g/mol. The normalized spacial score (nSPS) is 19.2. The Labute approximate surface area is 99.9 Å². The molecule has 0 radical (unpaired) electrons. The third-order valence-corrected chi connectivity index (χ3v) is 2.78. The molecule has 0 spiro atoms. The van der Waals surface area contributed by atoms with Crippen LogP contribution in [0.4, 0.5) is 0 Å². The lowest BCUT2D eigenvalue weighted by molar-refractivity contribution is 0.229. The van der Waals surface area contributed by atoms with E-state index in [1.807, 2.05) is 43.1 Å². The minimum atomic E-state index is -0.104. The van der Waals surface area contributed by atoms with Gasteiger partial charge >= 0.3 is 0 Å². The van der Waals surface area contributed by atoms with Gasteiger partial charge in [0.15, 0.2) is 6.17 Å². The molecule has 0 aromatic heterocycles. The molecule has 2 rings (SSSR count). The standard InChI is InChI=1S/C11H13N3OS/c1-8-4-3-5-9(6-8)15-7-10-12-13-11(16)14(10)2/h3-6,10H,7H2,1-2H3. The van der Waals surface area contributed by atoms with Crippen LogP contribution >= 0.6 is 12.2 Å². The monoisotopic (exact) mass is 235 g/mol. The highest BCUT2D eigenvalue weighted by molar-refractivity contribution is 7.80. The quantitative estimate of drug-likeness (QED) is 0.755. The number of benzene rings is 1. The highest BCUT2D eigenvalue weighted by Gasteiger charge is 2.22. The first-order valence-corrected chi connectivity index (χ1v) is 5.45. The van der Waals surface area contributed by atoms with Crippen molar-refractivity contribution < 1.29 is 4.74 Å². The van der Waals surface area contributed by atoms with Crippen molar-refractivity contribution in [1.29, 1.82) is 0 Å². The molecule has 1 atom stereocenters. The van der Waals surface area contributed by atoms with Crippen molar-refractivity contribution in [2.24, 2.45) is 10.2 Å². The Balaban J connectivity index is 1.93. The summed E-state index contributed by atoms with van der Waals surface area (Å²) < 4.78 is 5.63. The van der Waals surface area contributed by atoms with Gasteiger partial charge in [-0.2, -0.15) is 5.11 Å². The predicted molar refractivity (Wildman–Crippen MR) is 65.7 cm³/mol. The fourth-order valence-corrected chi connectivity index (χ4v) is 1.58. The Morgan fingerprint density at radius 3 is 2.94 bits per heavy atom. The first-order chi connectivity index (χ1) is 7.66. The first kappa shape index (κ1) is 11.0. The van der Waals surface area contributed by atoms with E-state index in [0.29, 0.717) is 11.7 Å². The van der Waals surface area contributed by atoms with Crippen LogP contribution in [0.2, 0.25) is 0 Å². The Hall–Kier alpha value is -1.49. The van der Waals surface area contributed by atoms with Gasteiger partial charge in [0.25, 0.3) is 0 Å². The molecule has 0 amide bonds. The lowest BCUT2D eigenvalue weighted by Crippen LogP contribution is -2.33. The molecule has 0 bridgehead atoms. The summed E-state index contributed by atoms with van der Waals surface area (Å²) in [4.78, 5) is 1.82. The van der Waals surface area contributed by atoms with Gasteiger partial charge < -0.3 is 9.64 Å². The number of ether oxygens (including phenoxy) is 1. The molecule has 0 saturated carbocycles. The summed E-state index contributed by atoms with van der Waals surface area (Å²) in [6, 6.07) is 7.92. The van der Waals surface area contributed by atoms with Crippen molar-refractivity contribution in [3.63, 3.8) is 0 Å². The molecule has 84 valence electrons. The Bertz CT molecular complexity index is 433. The summed E-state index contributed by atoms with van der Waals surface area (Å²) >= 11 is 4.98. The molecule has 1 heterocycles. The molecule has 0 aliphatic carbocycles. The number of nitrogens with zero attached hydrogens (tertiary/aromatic N) is 3. The van der Waals surface area contributed by atoms with Gasteiger partial charge in [0, 0.05) is 7.05 Å². The van der Waals surface area contributed by atoms with E-state index in [9.17, 15) is 0 Å². The van der Waals surface area contributed by atoms with Crippen LogP contribution < -0.4 is 4.74 Å². The second-order valence-corrected chi connectivity index (χ2v) is 4.08. The van der Waals surface area contributed by atoms with Gasteiger partial charge in [-0.05, 0) is 36.8 Å². The van der Waals surface area contributed by atoms with E-state index in [1.54, 1.807) is 0 Å². The number of likely N-dealkylation sites (N-methyl/N-ethyl adjacent to an activating group) is 1. The second kappa shape index (κ2) is 4.57. The predicted octanol–water partition coefficient (Wildman–Crippen LogP) is 2.38. The summed E-state index contributed by atoms with van der Waals surface area (Å²) in [6.07, 6.45) is -0.104. The van der Waals surface area contributed by atoms with Crippen molar-refractivity contribution >= 4 is 17.3 Å². The molecule has 1 aliphatic heterocycles. The first-order valence-electron chi connectivity index (χ1n) is 5.04. The number of hydrogen-bond acceptors (Lipinski definition) is 3. The number of hydrogen-bond donors (Lipinski definition) is 0. The lowest BCUT2D eigenvalue weighted by Gasteiger charge is -2.17. The Morgan fingerprint density at radius 2 is 2.31 bits per heavy atom. The van der Waals surface area contributed by atoms with Gasteiger partial charge in [-0.25, -0.2) is 0 Å². The van der Waals surface area contributed by atoms with Gasteiger partial charge in [0.05, 0.1) is 0 Å². The molecule has 1 aromatic carbocycles. The van der Waals surface area contributed by atoms with E-state index < -0.39 is 0 Å². The number of rotatable bonds is 3. The summed E-state index contributed by atoms with van der Waals surface area (Å²) in [5.74, 6) is 0.849. The van der Waals surface area contributed by atoms with Crippen molar-refractivity contribution in [1.82, 2.24) is 4.90 Å². The van der Waals surface area contributed by atoms with Gasteiger partial charge in [-0.15, -0.1) is 5.11 Å². The highest BCUT2D eigenvalue weighted by atomic mass is 32.1. The SMILES string of the molecule is Cc1cccc(OCC2N=NC(=S)N2C)c1. The highest BCUT2D eigenvalue weighted by Crippen LogP contribution is 2.16. The van der Waals surface area contributed by atoms with Crippen LogP contribution in [0, 0.1) is 6.92 Å². The Morgan fingerprint density at radius 1 is 1.50 bits per heavy atom. The van der Waals surface area contributed by atoms with E-state index >= 15 is 0 Å². The minimum absolute atomic E-state index is 0.104. The topological polar surface area (TPSA) is 37.2 Å². The average Bonchev–Trinajstić information content (AvgIpc) is 2.57. The molecule has 16 heavy (non-hydrogen) atoms. The van der Waals surface area contributed by atoms with Crippen LogP contribution in [0.1, 0.15) is 5.56 Å². The molecule has 1 aromatic rings. The van der Waals surface area contributed by atoms with Crippen LogP contribution in [0.15, 0.2) is 34.5 Å². The maximum Gasteiger partial charge on any atom is 0.217 e.